The number of aromatic nitrogens is 3. The molecule has 0 radical (unpaired) electrons. The highest BCUT2D eigenvalue weighted by Crippen LogP contribution is 2.30. The van der Waals surface area contributed by atoms with Crippen LogP contribution in [0.25, 0.3) is 11.4 Å². The minimum absolute atomic E-state index is 0.118. The van der Waals surface area contributed by atoms with Gasteiger partial charge in [0.25, 0.3) is 0 Å². The summed E-state index contributed by atoms with van der Waals surface area (Å²) in [6.07, 6.45) is 0. The second kappa shape index (κ2) is 8.37. The molecule has 0 aliphatic heterocycles. The van der Waals surface area contributed by atoms with Crippen LogP contribution in [0.15, 0.2) is 58.2 Å². The van der Waals surface area contributed by atoms with Crippen molar-refractivity contribution >= 4 is 39.3 Å². The number of para-hydroxylation sites is 1. The van der Waals surface area contributed by atoms with E-state index in [0.29, 0.717) is 23.1 Å². The van der Waals surface area contributed by atoms with Crippen LogP contribution >= 0.6 is 27.7 Å². The van der Waals surface area contributed by atoms with Gasteiger partial charge in [-0.1, -0.05) is 39.8 Å². The molecule has 26 heavy (non-hydrogen) atoms. The quantitative estimate of drug-likeness (QED) is 0.571. The second-order valence-electron chi connectivity index (χ2n) is 5.41. The number of hydrogen-bond donors (Lipinski definition) is 2. The molecular weight excluding hydrogens is 416 g/mol. The number of phenolic OH excluding ortho intramolecular Hbond substituents is 1. The van der Waals surface area contributed by atoms with Crippen LogP contribution in [0.3, 0.4) is 0 Å². The molecule has 0 saturated carbocycles. The van der Waals surface area contributed by atoms with E-state index in [1.54, 1.807) is 18.2 Å². The Labute approximate surface area is 163 Å². The Balaban J connectivity index is 1.69. The number of amides is 1. The smallest absolute Gasteiger partial charge is 0.234 e. The number of aromatic hydroxyl groups is 1. The number of benzene rings is 2. The normalized spacial score (nSPS) is 10.7. The number of rotatable bonds is 6. The lowest BCUT2D eigenvalue weighted by Gasteiger charge is -2.09. The molecule has 0 spiro atoms. The molecule has 1 heterocycles. The van der Waals surface area contributed by atoms with E-state index in [1.165, 1.54) is 11.8 Å². The summed E-state index contributed by atoms with van der Waals surface area (Å²) in [5, 5.41) is 21.9. The van der Waals surface area contributed by atoms with Gasteiger partial charge in [0.05, 0.1) is 11.3 Å². The van der Waals surface area contributed by atoms with Crippen molar-refractivity contribution < 1.29 is 9.90 Å². The van der Waals surface area contributed by atoms with Gasteiger partial charge in [0.15, 0.2) is 11.0 Å². The maximum Gasteiger partial charge on any atom is 0.234 e. The van der Waals surface area contributed by atoms with E-state index in [1.807, 2.05) is 41.8 Å². The van der Waals surface area contributed by atoms with Gasteiger partial charge in [-0.15, -0.1) is 10.2 Å². The van der Waals surface area contributed by atoms with Crippen LogP contribution in [-0.4, -0.2) is 31.5 Å². The predicted molar refractivity (Wildman–Crippen MR) is 106 cm³/mol. The number of hydrogen-bond acceptors (Lipinski definition) is 5. The van der Waals surface area contributed by atoms with E-state index >= 15 is 0 Å². The highest BCUT2D eigenvalue weighted by Gasteiger charge is 2.16. The Kier molecular flexibility index (Phi) is 5.95. The van der Waals surface area contributed by atoms with Crippen molar-refractivity contribution in [2.45, 2.75) is 18.6 Å². The molecule has 0 aliphatic carbocycles. The van der Waals surface area contributed by atoms with Gasteiger partial charge >= 0.3 is 0 Å². The van der Waals surface area contributed by atoms with Crippen molar-refractivity contribution in [3.63, 3.8) is 0 Å². The zero-order valence-electron chi connectivity index (χ0n) is 14.0. The van der Waals surface area contributed by atoms with Crippen LogP contribution in [-0.2, 0) is 11.3 Å². The molecular formula is C18H17BrN4O2S. The number of nitrogens with zero attached hydrogens (tertiary/aromatic N) is 3. The maximum absolute atomic E-state index is 12.2. The van der Waals surface area contributed by atoms with Crippen LogP contribution < -0.4 is 5.32 Å². The molecule has 1 aromatic heterocycles. The topological polar surface area (TPSA) is 80.0 Å². The lowest BCUT2D eigenvalue weighted by molar-refractivity contribution is -0.113. The summed E-state index contributed by atoms with van der Waals surface area (Å²) in [6, 6.07) is 14.4. The molecule has 6 nitrogen and oxygen atoms in total. The zero-order chi connectivity index (χ0) is 18.5. The van der Waals surface area contributed by atoms with Crippen LogP contribution in [0.4, 0.5) is 5.69 Å². The molecule has 3 rings (SSSR count). The average Bonchev–Trinajstić information content (AvgIpc) is 3.05. The average molecular weight is 433 g/mol. The minimum atomic E-state index is -0.118. The first-order chi connectivity index (χ1) is 12.6. The summed E-state index contributed by atoms with van der Waals surface area (Å²) in [7, 11) is 0. The fraction of sp³-hybridized carbons (Fsp3) is 0.167. The first-order valence-electron chi connectivity index (χ1n) is 7.98. The summed E-state index contributed by atoms with van der Waals surface area (Å²) in [5.41, 5.74) is 1.36. The van der Waals surface area contributed by atoms with Gasteiger partial charge in [0.2, 0.25) is 5.91 Å². The lowest BCUT2D eigenvalue weighted by atomic mass is 10.2. The van der Waals surface area contributed by atoms with Crippen LogP contribution in [0.2, 0.25) is 0 Å². The van der Waals surface area contributed by atoms with Crippen molar-refractivity contribution in [3.8, 4) is 17.1 Å². The number of phenols is 1. The van der Waals surface area contributed by atoms with Gasteiger partial charge in [-0.05, 0) is 43.3 Å². The Hall–Kier alpha value is -2.32. The Morgan fingerprint density at radius 3 is 2.62 bits per heavy atom. The monoisotopic (exact) mass is 432 g/mol. The molecule has 0 fully saturated rings. The molecule has 134 valence electrons. The van der Waals surface area contributed by atoms with E-state index in [0.717, 1.165) is 10.2 Å². The Morgan fingerprint density at radius 2 is 1.92 bits per heavy atom. The van der Waals surface area contributed by atoms with E-state index in [4.69, 9.17) is 0 Å². The largest absolute Gasteiger partial charge is 0.507 e. The molecule has 8 heteroatoms. The molecule has 0 atom stereocenters. The Bertz CT molecular complexity index is 912. The van der Waals surface area contributed by atoms with Crippen molar-refractivity contribution in [2.75, 3.05) is 11.1 Å². The number of nitrogens with one attached hydrogen (secondary N) is 1. The van der Waals surface area contributed by atoms with Crippen molar-refractivity contribution in [2.24, 2.45) is 0 Å². The maximum atomic E-state index is 12.2. The predicted octanol–water partition coefficient (Wildman–Crippen LogP) is 4.16. The standard InChI is InChI=1S/C18H17BrN4O2S/c1-2-23-17(14-5-3-4-6-15(14)24)21-22-18(23)26-11-16(25)20-13-9-7-12(19)8-10-13/h3-10,24H,2,11H2,1H3,(H,20,25). The molecule has 2 aromatic carbocycles. The van der Waals surface area contributed by atoms with Crippen LogP contribution in [0.1, 0.15) is 6.92 Å². The number of halogens is 1. The van der Waals surface area contributed by atoms with Crippen molar-refractivity contribution in [1.82, 2.24) is 14.8 Å². The highest BCUT2D eigenvalue weighted by atomic mass is 79.9. The lowest BCUT2D eigenvalue weighted by Crippen LogP contribution is -2.14. The van der Waals surface area contributed by atoms with Gasteiger partial charge in [-0.2, -0.15) is 0 Å². The summed E-state index contributed by atoms with van der Waals surface area (Å²) in [5.74, 6) is 0.835. The number of thioether (sulfide) groups is 1. The van der Waals surface area contributed by atoms with Gasteiger partial charge < -0.3 is 15.0 Å². The van der Waals surface area contributed by atoms with E-state index in [9.17, 15) is 9.90 Å². The third kappa shape index (κ3) is 4.25. The molecule has 3 aromatic rings. The molecule has 0 saturated heterocycles. The van der Waals surface area contributed by atoms with Crippen molar-refractivity contribution in [1.29, 1.82) is 0 Å². The van der Waals surface area contributed by atoms with Gasteiger partial charge in [0.1, 0.15) is 5.75 Å². The summed E-state index contributed by atoms with van der Waals surface area (Å²) < 4.78 is 2.84. The number of carbonyl (C=O) groups is 1. The third-order valence-corrected chi connectivity index (χ3v) is 5.13. The first-order valence-corrected chi connectivity index (χ1v) is 9.76. The molecule has 0 bridgehead atoms. The summed E-state index contributed by atoms with van der Waals surface area (Å²) >= 11 is 4.67. The second-order valence-corrected chi connectivity index (χ2v) is 7.27. The molecule has 2 N–H and O–H groups in total. The Morgan fingerprint density at radius 1 is 1.19 bits per heavy atom. The molecule has 1 amide bonds. The fourth-order valence-electron chi connectivity index (χ4n) is 2.40. The summed E-state index contributed by atoms with van der Waals surface area (Å²) in [6.45, 7) is 2.60. The zero-order valence-corrected chi connectivity index (χ0v) is 16.4. The van der Waals surface area contributed by atoms with E-state index in [-0.39, 0.29) is 17.4 Å². The highest BCUT2D eigenvalue weighted by molar-refractivity contribution is 9.10. The van der Waals surface area contributed by atoms with Crippen LogP contribution in [0.5, 0.6) is 5.75 Å². The van der Waals surface area contributed by atoms with E-state index < -0.39 is 0 Å². The molecule has 0 aliphatic rings. The minimum Gasteiger partial charge on any atom is -0.507 e. The fourth-order valence-corrected chi connectivity index (χ4v) is 3.47. The van der Waals surface area contributed by atoms with Crippen LogP contribution in [0, 0.1) is 0 Å². The third-order valence-electron chi connectivity index (χ3n) is 3.64. The first kappa shape index (κ1) is 18.5. The molecule has 0 unspecified atom stereocenters. The van der Waals surface area contributed by atoms with Gasteiger partial charge in [0, 0.05) is 16.7 Å². The van der Waals surface area contributed by atoms with Gasteiger partial charge in [-0.3, -0.25) is 4.79 Å². The number of anilines is 1. The summed E-state index contributed by atoms with van der Waals surface area (Å²) in [4.78, 5) is 12.2. The number of carbonyl (C=O) groups excluding carboxylic acids is 1. The van der Waals surface area contributed by atoms with Crippen molar-refractivity contribution in [3.05, 3.63) is 53.0 Å². The SMILES string of the molecule is CCn1c(SCC(=O)Nc2ccc(Br)cc2)nnc1-c1ccccc1O. The van der Waals surface area contributed by atoms with Gasteiger partial charge in [-0.25, -0.2) is 0 Å². The van der Waals surface area contributed by atoms with E-state index in [2.05, 4.69) is 31.4 Å².